The number of hydrogen-bond donors (Lipinski definition) is 0. The van der Waals surface area contributed by atoms with E-state index in [0.717, 1.165) is 12.5 Å². The molecule has 2 heterocycles. The van der Waals surface area contributed by atoms with Crippen molar-refractivity contribution in [1.29, 1.82) is 0 Å². The highest BCUT2D eigenvalue weighted by atomic mass is 15.1. The highest BCUT2D eigenvalue weighted by molar-refractivity contribution is 5.19. The first kappa shape index (κ1) is 13.3. The number of nitrogens with zero attached hydrogens (tertiary/aromatic N) is 2. The van der Waals surface area contributed by atoms with E-state index in [1.165, 1.54) is 43.5 Å². The van der Waals surface area contributed by atoms with Gasteiger partial charge in [-0.3, -0.25) is 9.88 Å². The van der Waals surface area contributed by atoms with Gasteiger partial charge in [-0.1, -0.05) is 30.3 Å². The molecule has 0 amide bonds. The topological polar surface area (TPSA) is 16.1 Å². The smallest absolute Gasteiger partial charge is 0.0271 e. The monoisotopic (exact) mass is 266 g/mol. The fraction of sp³-hybridized carbons (Fsp3) is 0.389. The molecule has 0 radical (unpaired) electrons. The molecule has 3 rings (SSSR count). The van der Waals surface area contributed by atoms with Crippen molar-refractivity contribution in [2.45, 2.75) is 31.7 Å². The van der Waals surface area contributed by atoms with Gasteiger partial charge in [0.05, 0.1) is 0 Å². The fourth-order valence-corrected chi connectivity index (χ4v) is 3.12. The van der Waals surface area contributed by atoms with Gasteiger partial charge in [0.15, 0.2) is 0 Å². The zero-order valence-electron chi connectivity index (χ0n) is 11.9. The maximum absolute atomic E-state index is 4.09. The predicted molar refractivity (Wildman–Crippen MR) is 82.5 cm³/mol. The summed E-state index contributed by atoms with van der Waals surface area (Å²) in [5, 5.41) is 0. The molecule has 0 spiro atoms. The molecule has 20 heavy (non-hydrogen) atoms. The summed E-state index contributed by atoms with van der Waals surface area (Å²) in [6, 6.07) is 15.2. The van der Waals surface area contributed by atoms with E-state index >= 15 is 0 Å². The van der Waals surface area contributed by atoms with Crippen molar-refractivity contribution in [3.63, 3.8) is 0 Å². The van der Waals surface area contributed by atoms with Gasteiger partial charge in [0.2, 0.25) is 0 Å². The summed E-state index contributed by atoms with van der Waals surface area (Å²) in [5.74, 6) is 0.735. The van der Waals surface area contributed by atoms with E-state index < -0.39 is 0 Å². The van der Waals surface area contributed by atoms with Crippen molar-refractivity contribution < 1.29 is 0 Å². The van der Waals surface area contributed by atoms with Gasteiger partial charge >= 0.3 is 0 Å². The van der Waals surface area contributed by atoms with Crippen LogP contribution in [0.5, 0.6) is 0 Å². The highest BCUT2D eigenvalue weighted by Gasteiger charge is 2.18. The van der Waals surface area contributed by atoms with Gasteiger partial charge in [-0.05, 0) is 61.5 Å². The van der Waals surface area contributed by atoms with Gasteiger partial charge in [0, 0.05) is 18.9 Å². The van der Waals surface area contributed by atoms with Gasteiger partial charge in [0.25, 0.3) is 0 Å². The first-order chi connectivity index (χ1) is 9.92. The van der Waals surface area contributed by atoms with E-state index in [1.54, 1.807) is 0 Å². The Labute approximate surface area is 121 Å². The van der Waals surface area contributed by atoms with Crippen LogP contribution in [0.3, 0.4) is 0 Å². The van der Waals surface area contributed by atoms with E-state index in [2.05, 4.69) is 52.3 Å². The van der Waals surface area contributed by atoms with Gasteiger partial charge < -0.3 is 0 Å². The summed E-state index contributed by atoms with van der Waals surface area (Å²) < 4.78 is 0. The molecular weight excluding hydrogens is 244 g/mol. The summed E-state index contributed by atoms with van der Waals surface area (Å²) in [6.07, 6.45) is 7.66. The maximum Gasteiger partial charge on any atom is 0.0271 e. The number of aromatic nitrogens is 1. The molecule has 1 aromatic heterocycles. The Morgan fingerprint density at radius 2 is 1.75 bits per heavy atom. The lowest BCUT2D eigenvalue weighted by Gasteiger charge is -2.20. The molecule has 1 aliphatic heterocycles. The number of rotatable bonds is 3. The summed E-state index contributed by atoms with van der Waals surface area (Å²) in [6.45, 7) is 3.47. The van der Waals surface area contributed by atoms with Gasteiger partial charge in [0.1, 0.15) is 0 Å². The lowest BCUT2D eigenvalue weighted by Crippen LogP contribution is -2.24. The van der Waals surface area contributed by atoms with Crippen LogP contribution in [0, 0.1) is 0 Å². The third kappa shape index (κ3) is 3.45. The number of likely N-dealkylation sites (tertiary alicyclic amines) is 1. The quantitative estimate of drug-likeness (QED) is 0.839. The minimum absolute atomic E-state index is 0.735. The molecule has 104 valence electrons. The lowest BCUT2D eigenvalue weighted by molar-refractivity contribution is 0.275. The second-order valence-corrected chi connectivity index (χ2v) is 5.67. The summed E-state index contributed by atoms with van der Waals surface area (Å²) in [5.41, 5.74) is 2.89. The molecule has 0 aliphatic carbocycles. The summed E-state index contributed by atoms with van der Waals surface area (Å²) in [7, 11) is 0. The van der Waals surface area contributed by atoms with Crippen molar-refractivity contribution in [2.24, 2.45) is 0 Å². The first-order valence-electron chi connectivity index (χ1n) is 7.58. The Balaban J connectivity index is 1.60. The van der Waals surface area contributed by atoms with E-state index in [9.17, 15) is 0 Å². The standard InChI is InChI=1S/C18H22N2/c1-2-5-17(6-3-1)18-7-4-13-20(14-10-18)15-16-8-11-19-12-9-16/h1-3,5-6,8-9,11-12,18H,4,7,10,13-15H2/t18-/m1/s1. The largest absolute Gasteiger partial charge is 0.299 e. The summed E-state index contributed by atoms with van der Waals surface area (Å²) in [4.78, 5) is 6.67. The van der Waals surface area contributed by atoms with Crippen LogP contribution in [0.4, 0.5) is 0 Å². The van der Waals surface area contributed by atoms with Crippen LogP contribution < -0.4 is 0 Å². The molecular formula is C18H22N2. The average Bonchev–Trinajstić information content (AvgIpc) is 2.75. The molecule has 0 saturated carbocycles. The molecule has 0 bridgehead atoms. The average molecular weight is 266 g/mol. The van der Waals surface area contributed by atoms with E-state index in [0.29, 0.717) is 0 Å². The minimum atomic E-state index is 0.735. The molecule has 1 atom stereocenters. The SMILES string of the molecule is c1ccc([C@@H]2CCCN(Cc3ccncc3)CC2)cc1. The lowest BCUT2D eigenvalue weighted by atomic mass is 9.92. The molecule has 1 aliphatic rings. The third-order valence-electron chi connectivity index (χ3n) is 4.25. The van der Waals surface area contributed by atoms with Crippen molar-refractivity contribution >= 4 is 0 Å². The Kier molecular flexibility index (Phi) is 4.44. The second-order valence-electron chi connectivity index (χ2n) is 5.67. The first-order valence-corrected chi connectivity index (χ1v) is 7.58. The van der Waals surface area contributed by atoms with Crippen LogP contribution in [0.15, 0.2) is 54.9 Å². The van der Waals surface area contributed by atoms with Crippen molar-refractivity contribution in [3.8, 4) is 0 Å². The molecule has 1 saturated heterocycles. The Bertz CT molecular complexity index is 509. The number of pyridine rings is 1. The zero-order chi connectivity index (χ0) is 13.6. The van der Waals surface area contributed by atoms with Gasteiger partial charge in [-0.2, -0.15) is 0 Å². The molecule has 1 aromatic carbocycles. The number of hydrogen-bond acceptors (Lipinski definition) is 2. The Morgan fingerprint density at radius 1 is 0.950 bits per heavy atom. The van der Waals surface area contributed by atoms with E-state index in [1.807, 2.05) is 12.4 Å². The van der Waals surface area contributed by atoms with Gasteiger partial charge in [-0.15, -0.1) is 0 Å². The molecule has 0 N–H and O–H groups in total. The third-order valence-corrected chi connectivity index (χ3v) is 4.25. The van der Waals surface area contributed by atoms with Crippen LogP contribution in [0.1, 0.15) is 36.3 Å². The molecule has 0 unspecified atom stereocenters. The van der Waals surface area contributed by atoms with Crippen molar-refractivity contribution in [1.82, 2.24) is 9.88 Å². The summed E-state index contributed by atoms with van der Waals surface area (Å²) >= 11 is 0. The predicted octanol–water partition coefficient (Wildman–Crippen LogP) is 3.85. The van der Waals surface area contributed by atoms with E-state index in [4.69, 9.17) is 0 Å². The fourth-order valence-electron chi connectivity index (χ4n) is 3.12. The maximum atomic E-state index is 4.09. The van der Waals surface area contributed by atoms with E-state index in [-0.39, 0.29) is 0 Å². The normalized spacial score (nSPS) is 20.5. The van der Waals surface area contributed by atoms with Crippen LogP contribution in [0.2, 0.25) is 0 Å². The van der Waals surface area contributed by atoms with Crippen LogP contribution >= 0.6 is 0 Å². The zero-order valence-corrected chi connectivity index (χ0v) is 11.9. The van der Waals surface area contributed by atoms with Crippen LogP contribution in [-0.2, 0) is 6.54 Å². The van der Waals surface area contributed by atoms with Gasteiger partial charge in [-0.25, -0.2) is 0 Å². The van der Waals surface area contributed by atoms with Crippen LogP contribution in [0.25, 0.3) is 0 Å². The minimum Gasteiger partial charge on any atom is -0.299 e. The Hall–Kier alpha value is -1.67. The van der Waals surface area contributed by atoms with Crippen molar-refractivity contribution in [3.05, 3.63) is 66.0 Å². The highest BCUT2D eigenvalue weighted by Crippen LogP contribution is 2.28. The van der Waals surface area contributed by atoms with Crippen molar-refractivity contribution in [2.75, 3.05) is 13.1 Å². The van der Waals surface area contributed by atoms with Crippen LogP contribution in [-0.4, -0.2) is 23.0 Å². The Morgan fingerprint density at radius 3 is 2.55 bits per heavy atom. The molecule has 2 heteroatoms. The molecule has 2 aromatic rings. The number of benzene rings is 1. The molecule has 2 nitrogen and oxygen atoms in total. The molecule has 1 fully saturated rings. The second kappa shape index (κ2) is 6.67.